The van der Waals surface area contributed by atoms with Crippen molar-refractivity contribution < 1.29 is 8.42 Å². The smallest absolute Gasteiger partial charge is 0.248 e. The van der Waals surface area contributed by atoms with Crippen molar-refractivity contribution in [2.24, 2.45) is 0 Å². The molecule has 0 spiro atoms. The lowest BCUT2D eigenvalue weighted by molar-refractivity contribution is 0.597. The molecule has 0 heterocycles. The van der Waals surface area contributed by atoms with E-state index in [1.165, 1.54) is 6.92 Å². The Hall–Kier alpha value is -1.58. The molecule has 0 aliphatic carbocycles. The molecule has 5 nitrogen and oxygen atoms in total. The molecule has 0 amide bonds. The molecule has 1 unspecified atom stereocenters. The van der Waals surface area contributed by atoms with E-state index in [0.29, 0.717) is 12.2 Å². The van der Waals surface area contributed by atoms with Crippen LogP contribution < -0.4 is 10.0 Å². The van der Waals surface area contributed by atoms with Gasteiger partial charge in [-0.25, -0.2) is 8.42 Å². The number of benzene rings is 1. The number of nitrogens with zero attached hydrogens (tertiary/aromatic N) is 1. The molecular formula is C11H15N3O2S. The molecule has 0 saturated carbocycles. The van der Waals surface area contributed by atoms with E-state index in [0.717, 1.165) is 5.56 Å². The lowest BCUT2D eigenvalue weighted by Crippen LogP contribution is -2.23. The van der Waals surface area contributed by atoms with Crippen LogP contribution in [-0.2, 0) is 16.6 Å². The second-order valence-corrected chi connectivity index (χ2v) is 5.65. The highest BCUT2D eigenvalue weighted by molar-refractivity contribution is 7.93. The number of nitriles is 1. The van der Waals surface area contributed by atoms with Gasteiger partial charge in [-0.05, 0) is 31.7 Å². The average Bonchev–Trinajstić information content (AvgIpc) is 2.28. The second-order valence-electron chi connectivity index (χ2n) is 3.65. The first-order valence-electron chi connectivity index (χ1n) is 5.14. The summed E-state index contributed by atoms with van der Waals surface area (Å²) in [6, 6.07) is 8.75. The van der Waals surface area contributed by atoms with Crippen LogP contribution in [0.3, 0.4) is 0 Å². The monoisotopic (exact) mass is 253 g/mol. The van der Waals surface area contributed by atoms with Crippen LogP contribution in [0.2, 0.25) is 0 Å². The third-order valence-electron chi connectivity index (χ3n) is 2.22. The van der Waals surface area contributed by atoms with Crippen molar-refractivity contribution in [1.29, 1.82) is 5.26 Å². The van der Waals surface area contributed by atoms with Crippen LogP contribution in [0.1, 0.15) is 12.5 Å². The molecule has 1 atom stereocenters. The number of hydrogen-bond donors (Lipinski definition) is 2. The fourth-order valence-electron chi connectivity index (χ4n) is 1.27. The van der Waals surface area contributed by atoms with E-state index in [1.807, 2.05) is 13.1 Å². The highest BCUT2D eigenvalue weighted by Crippen LogP contribution is 2.14. The van der Waals surface area contributed by atoms with E-state index in [4.69, 9.17) is 5.26 Å². The Kier molecular flexibility index (Phi) is 4.49. The van der Waals surface area contributed by atoms with Gasteiger partial charge in [0.15, 0.2) is 5.25 Å². The predicted molar refractivity (Wildman–Crippen MR) is 66.8 cm³/mol. The standard InChI is InChI=1S/C11H15N3O2S/c1-9(7-12)17(15,16)14-11-5-3-4-10(6-11)8-13-2/h3-6,9,13-14H,8H2,1-2H3. The Bertz CT molecular complexity index is 520. The van der Waals surface area contributed by atoms with E-state index in [1.54, 1.807) is 24.3 Å². The van der Waals surface area contributed by atoms with Gasteiger partial charge in [-0.3, -0.25) is 4.72 Å². The van der Waals surface area contributed by atoms with Crippen LogP contribution in [0, 0.1) is 11.3 Å². The van der Waals surface area contributed by atoms with Gasteiger partial charge in [-0.1, -0.05) is 12.1 Å². The summed E-state index contributed by atoms with van der Waals surface area (Å²) in [4.78, 5) is 0. The van der Waals surface area contributed by atoms with E-state index >= 15 is 0 Å². The van der Waals surface area contributed by atoms with Crippen molar-refractivity contribution >= 4 is 15.7 Å². The van der Waals surface area contributed by atoms with E-state index in [-0.39, 0.29) is 0 Å². The highest BCUT2D eigenvalue weighted by atomic mass is 32.2. The summed E-state index contributed by atoms with van der Waals surface area (Å²) in [6.07, 6.45) is 0. The maximum absolute atomic E-state index is 11.7. The topological polar surface area (TPSA) is 82.0 Å². The van der Waals surface area contributed by atoms with Gasteiger partial charge in [0, 0.05) is 12.2 Å². The summed E-state index contributed by atoms with van der Waals surface area (Å²) < 4.78 is 25.7. The van der Waals surface area contributed by atoms with Crippen LogP contribution in [0.4, 0.5) is 5.69 Å². The first-order chi connectivity index (χ1) is 7.99. The van der Waals surface area contributed by atoms with Crippen molar-refractivity contribution in [3.63, 3.8) is 0 Å². The molecule has 0 saturated heterocycles. The summed E-state index contributed by atoms with van der Waals surface area (Å²) >= 11 is 0. The van der Waals surface area contributed by atoms with Crippen LogP contribution >= 0.6 is 0 Å². The summed E-state index contributed by atoms with van der Waals surface area (Å²) in [5, 5.41) is 10.5. The van der Waals surface area contributed by atoms with Crippen molar-refractivity contribution in [1.82, 2.24) is 5.32 Å². The second kappa shape index (κ2) is 5.66. The third kappa shape index (κ3) is 3.73. The maximum Gasteiger partial charge on any atom is 0.248 e. The first-order valence-corrected chi connectivity index (χ1v) is 6.69. The SMILES string of the molecule is CNCc1cccc(NS(=O)(=O)C(C)C#N)c1. The fourth-order valence-corrected chi connectivity index (χ4v) is 2.04. The lowest BCUT2D eigenvalue weighted by Gasteiger charge is -2.10. The molecule has 2 N–H and O–H groups in total. The van der Waals surface area contributed by atoms with Crippen molar-refractivity contribution in [2.75, 3.05) is 11.8 Å². The molecule has 92 valence electrons. The first kappa shape index (κ1) is 13.5. The molecular weight excluding hydrogens is 238 g/mol. The van der Waals surface area contributed by atoms with Crippen LogP contribution in [0.15, 0.2) is 24.3 Å². The van der Waals surface area contributed by atoms with E-state index in [9.17, 15) is 8.42 Å². The molecule has 17 heavy (non-hydrogen) atoms. The summed E-state index contributed by atoms with van der Waals surface area (Å²) in [6.45, 7) is 2.00. The molecule has 1 rings (SSSR count). The Balaban J connectivity index is 2.89. The lowest BCUT2D eigenvalue weighted by atomic mass is 10.2. The largest absolute Gasteiger partial charge is 0.316 e. The minimum atomic E-state index is -3.63. The number of nitrogens with one attached hydrogen (secondary N) is 2. The van der Waals surface area contributed by atoms with Gasteiger partial charge >= 0.3 is 0 Å². The molecule has 0 aliphatic heterocycles. The van der Waals surface area contributed by atoms with Gasteiger partial charge in [-0.2, -0.15) is 5.26 Å². The van der Waals surface area contributed by atoms with Gasteiger partial charge in [-0.15, -0.1) is 0 Å². The molecule has 0 fully saturated rings. The zero-order valence-electron chi connectivity index (χ0n) is 9.77. The maximum atomic E-state index is 11.7. The van der Waals surface area contributed by atoms with Gasteiger partial charge < -0.3 is 5.32 Å². The molecule has 0 aromatic heterocycles. The fraction of sp³-hybridized carbons (Fsp3) is 0.364. The quantitative estimate of drug-likeness (QED) is 0.822. The number of anilines is 1. The van der Waals surface area contributed by atoms with Crippen molar-refractivity contribution in [2.45, 2.75) is 18.7 Å². The molecule has 1 aromatic rings. The van der Waals surface area contributed by atoms with Gasteiger partial charge in [0.2, 0.25) is 10.0 Å². The molecule has 6 heteroatoms. The van der Waals surface area contributed by atoms with Gasteiger partial charge in [0.25, 0.3) is 0 Å². The van der Waals surface area contributed by atoms with E-state index < -0.39 is 15.3 Å². The Morgan fingerprint density at radius 1 is 1.47 bits per heavy atom. The van der Waals surface area contributed by atoms with Crippen LogP contribution in [0.25, 0.3) is 0 Å². The molecule has 0 aliphatic rings. The normalized spacial score (nSPS) is 12.8. The molecule has 0 bridgehead atoms. The average molecular weight is 253 g/mol. The van der Waals surface area contributed by atoms with Crippen LogP contribution in [-0.4, -0.2) is 20.7 Å². The van der Waals surface area contributed by atoms with Crippen molar-refractivity contribution in [3.8, 4) is 6.07 Å². The number of sulfonamides is 1. The van der Waals surface area contributed by atoms with Crippen molar-refractivity contribution in [3.05, 3.63) is 29.8 Å². The summed E-state index contributed by atoms with van der Waals surface area (Å²) in [5.41, 5.74) is 1.44. The Morgan fingerprint density at radius 2 is 2.18 bits per heavy atom. The number of hydrogen-bond acceptors (Lipinski definition) is 4. The Labute approximate surface area is 102 Å². The summed E-state index contributed by atoms with van der Waals surface area (Å²) in [5.74, 6) is 0. The zero-order valence-corrected chi connectivity index (χ0v) is 10.6. The van der Waals surface area contributed by atoms with Crippen LogP contribution in [0.5, 0.6) is 0 Å². The van der Waals surface area contributed by atoms with Gasteiger partial charge in [0.1, 0.15) is 0 Å². The predicted octanol–water partition coefficient (Wildman–Crippen LogP) is 1.06. The summed E-state index contributed by atoms with van der Waals surface area (Å²) in [7, 11) is -1.81. The number of rotatable bonds is 5. The third-order valence-corrected chi connectivity index (χ3v) is 3.77. The highest BCUT2D eigenvalue weighted by Gasteiger charge is 2.19. The Morgan fingerprint density at radius 3 is 2.76 bits per heavy atom. The van der Waals surface area contributed by atoms with Gasteiger partial charge in [0.05, 0.1) is 6.07 Å². The zero-order chi connectivity index (χ0) is 12.9. The van der Waals surface area contributed by atoms with E-state index in [2.05, 4.69) is 10.0 Å². The minimum absolute atomic E-state index is 0.472. The molecule has 1 aromatic carbocycles. The molecule has 0 radical (unpaired) electrons. The minimum Gasteiger partial charge on any atom is -0.316 e.